The normalized spacial score (nSPS) is 12.4. The van der Waals surface area contributed by atoms with E-state index in [1.165, 1.54) is 17.1 Å². The molecule has 0 fully saturated rings. The van der Waals surface area contributed by atoms with Gasteiger partial charge < -0.3 is 25.0 Å². The zero-order valence-corrected chi connectivity index (χ0v) is 20.7. The van der Waals surface area contributed by atoms with Crippen LogP contribution < -0.4 is 10.2 Å². The minimum Gasteiger partial charge on any atom is -0.394 e. The smallest absolute Gasteiger partial charge is 0.262 e. The highest BCUT2D eigenvalue weighted by molar-refractivity contribution is 6.01. The lowest BCUT2D eigenvalue weighted by molar-refractivity contribution is -0.117. The number of hydrogen-bond donors (Lipinski definition) is 3. The molecule has 0 aliphatic rings. The number of aromatic nitrogens is 1. The molecule has 0 spiro atoms. The van der Waals surface area contributed by atoms with Crippen molar-refractivity contribution in [1.82, 2.24) is 9.88 Å². The quantitative estimate of drug-likeness (QED) is 0.289. The first-order valence-corrected chi connectivity index (χ1v) is 12.1. The van der Waals surface area contributed by atoms with Gasteiger partial charge in [0.1, 0.15) is 11.6 Å². The number of aliphatic hydroxyl groups is 2. The molecule has 1 unspecified atom stereocenters. The Morgan fingerprint density at radius 2 is 1.80 bits per heavy atom. The molecule has 0 saturated heterocycles. The molecular weight excluding hydrogens is 440 g/mol. The number of nitriles is 1. The van der Waals surface area contributed by atoms with Crippen molar-refractivity contribution in [1.29, 1.82) is 5.26 Å². The van der Waals surface area contributed by atoms with Crippen LogP contribution >= 0.6 is 0 Å². The van der Waals surface area contributed by atoms with Crippen LogP contribution in [0.4, 0.5) is 5.69 Å². The van der Waals surface area contributed by atoms with Crippen molar-refractivity contribution < 1.29 is 15.0 Å². The van der Waals surface area contributed by atoms with E-state index >= 15 is 0 Å². The van der Waals surface area contributed by atoms with Gasteiger partial charge in [0.2, 0.25) is 0 Å². The molecule has 0 radical (unpaired) electrons. The molecule has 35 heavy (non-hydrogen) atoms. The van der Waals surface area contributed by atoms with E-state index in [0.717, 1.165) is 42.6 Å². The Morgan fingerprint density at radius 3 is 2.46 bits per heavy atom. The molecule has 3 rings (SSSR count). The number of aliphatic hydroxyl groups excluding tert-OH is 2. The molecule has 0 saturated carbocycles. The average Bonchev–Trinajstić information content (AvgIpc) is 3.24. The summed E-state index contributed by atoms with van der Waals surface area (Å²) in [5, 5.41) is 32.5. The monoisotopic (exact) mass is 474 g/mol. The van der Waals surface area contributed by atoms with Gasteiger partial charge in [-0.2, -0.15) is 5.26 Å². The molecule has 1 amide bonds. The van der Waals surface area contributed by atoms with Gasteiger partial charge >= 0.3 is 0 Å². The maximum Gasteiger partial charge on any atom is 0.262 e. The fourth-order valence-corrected chi connectivity index (χ4v) is 4.13. The first-order valence-electron chi connectivity index (χ1n) is 12.1. The van der Waals surface area contributed by atoms with Crippen LogP contribution in [0, 0.1) is 11.3 Å². The third-order valence-electron chi connectivity index (χ3n) is 6.00. The van der Waals surface area contributed by atoms with Gasteiger partial charge in [-0.3, -0.25) is 4.79 Å². The van der Waals surface area contributed by atoms with E-state index in [9.17, 15) is 15.2 Å². The number of carbonyl (C=O) groups is 1. The highest BCUT2D eigenvalue weighted by Gasteiger charge is 2.14. The van der Waals surface area contributed by atoms with Crippen molar-refractivity contribution in [3.05, 3.63) is 59.8 Å². The number of fused-ring (bicyclic) bond motifs is 1. The maximum atomic E-state index is 12.3. The maximum absolute atomic E-state index is 12.3. The van der Waals surface area contributed by atoms with Crippen molar-refractivity contribution in [3.8, 4) is 17.3 Å². The summed E-state index contributed by atoms with van der Waals surface area (Å²) in [5.41, 5.74) is 3.89. The van der Waals surface area contributed by atoms with E-state index in [2.05, 4.69) is 60.5 Å². The first-order chi connectivity index (χ1) is 16.9. The Morgan fingerprint density at radius 1 is 1.11 bits per heavy atom. The van der Waals surface area contributed by atoms with E-state index in [1.54, 1.807) is 0 Å². The highest BCUT2D eigenvalue weighted by Crippen LogP contribution is 2.29. The molecule has 184 valence electrons. The van der Waals surface area contributed by atoms with Gasteiger partial charge in [0.15, 0.2) is 0 Å². The summed E-state index contributed by atoms with van der Waals surface area (Å²) < 4.78 is 1.94. The molecule has 2 aromatic carbocycles. The molecule has 0 aliphatic heterocycles. The lowest BCUT2D eigenvalue weighted by Crippen LogP contribution is -2.34. The van der Waals surface area contributed by atoms with Crippen LogP contribution in [0.1, 0.15) is 32.4 Å². The third-order valence-corrected chi connectivity index (χ3v) is 6.00. The van der Waals surface area contributed by atoms with Crippen LogP contribution in [0.15, 0.2) is 54.1 Å². The van der Waals surface area contributed by atoms with Gasteiger partial charge in [0.05, 0.1) is 12.7 Å². The summed E-state index contributed by atoms with van der Waals surface area (Å²) >= 11 is 0. The van der Waals surface area contributed by atoms with E-state index in [0.29, 0.717) is 5.69 Å². The minimum atomic E-state index is -1.06. The molecule has 1 heterocycles. The molecule has 1 atom stereocenters. The number of amides is 1. The van der Waals surface area contributed by atoms with E-state index in [-0.39, 0.29) is 12.1 Å². The molecular formula is C28H34N4O3. The van der Waals surface area contributed by atoms with Gasteiger partial charge in [0, 0.05) is 43.8 Å². The topological polar surface area (TPSA) is 102 Å². The van der Waals surface area contributed by atoms with Crippen molar-refractivity contribution in [2.24, 2.45) is 7.05 Å². The van der Waals surface area contributed by atoms with Crippen LogP contribution in [-0.4, -0.2) is 53.0 Å². The lowest BCUT2D eigenvalue weighted by Gasteiger charge is -2.24. The second kappa shape index (κ2) is 12.2. The summed E-state index contributed by atoms with van der Waals surface area (Å²) in [6, 6.07) is 18.7. The van der Waals surface area contributed by atoms with Crippen LogP contribution in [0.5, 0.6) is 0 Å². The second-order valence-corrected chi connectivity index (χ2v) is 8.65. The Bertz CT molecular complexity index is 1230. The second-order valence-electron chi connectivity index (χ2n) is 8.65. The lowest BCUT2D eigenvalue weighted by atomic mass is 10.0. The van der Waals surface area contributed by atoms with E-state index in [4.69, 9.17) is 5.11 Å². The Hall–Kier alpha value is -3.60. The average molecular weight is 475 g/mol. The Balaban J connectivity index is 1.86. The summed E-state index contributed by atoms with van der Waals surface area (Å²) in [5.74, 6) is -0.593. The number of rotatable bonds is 11. The standard InChI is InChI=1S/C28H34N4O3/c1-4-12-32(13-5-2)25-9-8-20-14-22(7-6-21(20)15-25)27-11-10-24(31(27)3)16-23(17-29)28(35)30-18-26(34)19-33/h6-11,14-16,26,33-34H,4-5,12-13,18-19H2,1-3H3,(H,30,35)/b23-16+. The van der Waals surface area contributed by atoms with Crippen LogP contribution in [0.2, 0.25) is 0 Å². The van der Waals surface area contributed by atoms with Gasteiger partial charge in [-0.25, -0.2) is 0 Å². The summed E-state index contributed by atoms with van der Waals surface area (Å²) in [7, 11) is 1.89. The molecule has 0 aliphatic carbocycles. The van der Waals surface area contributed by atoms with E-state index in [1.807, 2.05) is 29.8 Å². The van der Waals surface area contributed by atoms with Gasteiger partial charge in [-0.15, -0.1) is 0 Å². The molecule has 3 aromatic rings. The van der Waals surface area contributed by atoms with Crippen molar-refractivity contribution >= 4 is 28.4 Å². The number of nitrogens with zero attached hydrogens (tertiary/aromatic N) is 3. The largest absolute Gasteiger partial charge is 0.394 e. The number of nitrogens with one attached hydrogen (secondary N) is 1. The van der Waals surface area contributed by atoms with Gasteiger partial charge in [-0.05, 0) is 65.6 Å². The molecule has 0 bridgehead atoms. The minimum absolute atomic E-state index is 0.0716. The predicted molar refractivity (Wildman–Crippen MR) is 141 cm³/mol. The molecule has 3 N–H and O–H groups in total. The van der Waals surface area contributed by atoms with Gasteiger partial charge in [-0.1, -0.05) is 32.0 Å². The Kier molecular flexibility index (Phi) is 9.07. The molecule has 7 heteroatoms. The number of benzene rings is 2. The summed E-state index contributed by atoms with van der Waals surface area (Å²) in [6.45, 7) is 5.90. The highest BCUT2D eigenvalue weighted by atomic mass is 16.3. The predicted octanol–water partition coefficient (Wildman–Crippen LogP) is 3.85. The summed E-state index contributed by atoms with van der Waals surface area (Å²) in [4.78, 5) is 14.7. The third kappa shape index (κ3) is 6.30. The van der Waals surface area contributed by atoms with Crippen LogP contribution in [0.25, 0.3) is 28.1 Å². The van der Waals surface area contributed by atoms with E-state index < -0.39 is 18.6 Å². The zero-order valence-electron chi connectivity index (χ0n) is 20.7. The number of anilines is 1. The molecule has 7 nitrogen and oxygen atoms in total. The van der Waals surface area contributed by atoms with Crippen LogP contribution in [-0.2, 0) is 11.8 Å². The van der Waals surface area contributed by atoms with Crippen LogP contribution in [0.3, 0.4) is 0 Å². The zero-order chi connectivity index (χ0) is 25.4. The number of carbonyl (C=O) groups excluding carboxylic acids is 1. The Labute approximate surface area is 206 Å². The summed E-state index contributed by atoms with van der Waals surface area (Å²) in [6.07, 6.45) is 2.68. The van der Waals surface area contributed by atoms with Crippen molar-refractivity contribution in [2.45, 2.75) is 32.8 Å². The SMILES string of the molecule is CCCN(CCC)c1ccc2cc(-c3ccc(/C=C(\C#N)C(=O)NCC(O)CO)n3C)ccc2c1. The van der Waals surface area contributed by atoms with Crippen molar-refractivity contribution in [2.75, 3.05) is 31.1 Å². The number of hydrogen-bond acceptors (Lipinski definition) is 5. The first kappa shape index (κ1) is 26.0. The fourth-order valence-electron chi connectivity index (χ4n) is 4.13. The molecule has 1 aromatic heterocycles. The van der Waals surface area contributed by atoms with Gasteiger partial charge in [0.25, 0.3) is 5.91 Å². The fraction of sp³-hybridized carbons (Fsp3) is 0.357. The van der Waals surface area contributed by atoms with Crippen molar-refractivity contribution in [3.63, 3.8) is 0 Å².